The molecule has 1 aliphatic rings. The van der Waals surface area contributed by atoms with Gasteiger partial charge in [-0.15, -0.1) is 11.8 Å². The van der Waals surface area contributed by atoms with E-state index in [0.717, 1.165) is 23.9 Å². The van der Waals surface area contributed by atoms with Crippen molar-refractivity contribution in [3.8, 4) is 0 Å². The quantitative estimate of drug-likeness (QED) is 0.612. The van der Waals surface area contributed by atoms with Gasteiger partial charge >= 0.3 is 0 Å². The third-order valence-corrected chi connectivity index (χ3v) is 4.57. The minimum Gasteiger partial charge on any atom is -0.375 e. The molecule has 0 bridgehead atoms. The first-order valence-corrected chi connectivity index (χ1v) is 8.80. The molecule has 0 aliphatic carbocycles. The summed E-state index contributed by atoms with van der Waals surface area (Å²) in [6, 6.07) is 6.35. The number of rotatable bonds is 7. The van der Waals surface area contributed by atoms with E-state index in [0.29, 0.717) is 25.6 Å². The van der Waals surface area contributed by atoms with Gasteiger partial charge in [0.05, 0.1) is 24.2 Å². The van der Waals surface area contributed by atoms with Crippen molar-refractivity contribution in [3.63, 3.8) is 0 Å². The molecule has 1 N–H and O–H groups in total. The average Bonchev–Trinajstić information content (AvgIpc) is 2.53. The van der Waals surface area contributed by atoms with Crippen molar-refractivity contribution < 1.29 is 9.53 Å². The van der Waals surface area contributed by atoms with E-state index in [1.165, 1.54) is 0 Å². The van der Waals surface area contributed by atoms with Crippen LogP contribution in [0.5, 0.6) is 0 Å². The van der Waals surface area contributed by atoms with Gasteiger partial charge < -0.3 is 10.1 Å². The molecule has 1 saturated heterocycles. The monoisotopic (exact) mass is 323 g/mol. The van der Waals surface area contributed by atoms with E-state index < -0.39 is 0 Å². The fourth-order valence-corrected chi connectivity index (χ4v) is 3.12. The molecule has 2 rings (SSSR count). The zero-order valence-corrected chi connectivity index (χ0v) is 14.1. The summed E-state index contributed by atoms with van der Waals surface area (Å²) in [6.07, 6.45) is 2.24. The Bertz CT molecular complexity index is 456. The number of morpholine rings is 1. The first-order valence-electron chi connectivity index (χ1n) is 7.81. The van der Waals surface area contributed by atoms with Gasteiger partial charge in [-0.05, 0) is 26.0 Å². The smallest absolute Gasteiger partial charge is 0.222 e. The number of carbonyl (C=O) groups excluding carboxylic acids is 1. The molecule has 1 fully saturated rings. The molecule has 0 unspecified atom stereocenters. The molecular formula is C16H25N3O2S. The van der Waals surface area contributed by atoms with Crippen molar-refractivity contribution in [1.82, 2.24) is 15.2 Å². The van der Waals surface area contributed by atoms with Crippen molar-refractivity contribution in [2.45, 2.75) is 37.4 Å². The fourth-order valence-electron chi connectivity index (χ4n) is 2.39. The molecule has 5 nitrogen and oxygen atoms in total. The number of amides is 1. The standard InChI is InChI=1S/C16H25N3O2S/c1-13(2)19-8-9-21-14(12-19)11-15(20)17-7-10-22-16-5-3-4-6-18-16/h3-6,13-14H,7-12H2,1-2H3,(H,17,20)/t14-/m1/s1. The van der Waals surface area contributed by atoms with Gasteiger partial charge in [-0.3, -0.25) is 9.69 Å². The summed E-state index contributed by atoms with van der Waals surface area (Å²) < 4.78 is 5.69. The highest BCUT2D eigenvalue weighted by Crippen LogP contribution is 2.13. The highest BCUT2D eigenvalue weighted by Gasteiger charge is 2.24. The van der Waals surface area contributed by atoms with Crippen LogP contribution in [0.15, 0.2) is 29.4 Å². The van der Waals surface area contributed by atoms with Crippen LogP contribution in [-0.4, -0.2) is 59.9 Å². The normalized spacial score (nSPS) is 19.3. The molecular weight excluding hydrogens is 298 g/mol. The number of thioether (sulfide) groups is 1. The molecule has 2 heterocycles. The summed E-state index contributed by atoms with van der Waals surface area (Å²) in [6.45, 7) is 7.52. The van der Waals surface area contributed by atoms with E-state index in [9.17, 15) is 4.79 Å². The largest absolute Gasteiger partial charge is 0.375 e. The average molecular weight is 323 g/mol. The first kappa shape index (κ1) is 17.2. The number of hydrogen-bond donors (Lipinski definition) is 1. The summed E-state index contributed by atoms with van der Waals surface area (Å²) in [4.78, 5) is 18.6. The van der Waals surface area contributed by atoms with Gasteiger partial charge in [0, 0.05) is 37.6 Å². The Morgan fingerprint density at radius 1 is 1.55 bits per heavy atom. The first-order chi connectivity index (χ1) is 10.6. The summed E-state index contributed by atoms with van der Waals surface area (Å²) in [7, 11) is 0. The second kappa shape index (κ2) is 9.12. The number of pyridine rings is 1. The molecule has 0 aromatic carbocycles. The Hall–Kier alpha value is -1.11. The molecule has 0 spiro atoms. The van der Waals surface area contributed by atoms with Crippen molar-refractivity contribution in [2.24, 2.45) is 0 Å². The van der Waals surface area contributed by atoms with Gasteiger partial charge in [-0.1, -0.05) is 6.07 Å². The molecule has 1 aromatic heterocycles. The lowest BCUT2D eigenvalue weighted by molar-refractivity contribution is -0.126. The second-order valence-electron chi connectivity index (χ2n) is 5.65. The number of hydrogen-bond acceptors (Lipinski definition) is 5. The number of ether oxygens (including phenoxy) is 1. The number of carbonyl (C=O) groups is 1. The molecule has 22 heavy (non-hydrogen) atoms. The van der Waals surface area contributed by atoms with Gasteiger partial charge in [0.2, 0.25) is 5.91 Å². The van der Waals surface area contributed by atoms with Gasteiger partial charge in [-0.2, -0.15) is 0 Å². The van der Waals surface area contributed by atoms with Crippen LogP contribution in [0.2, 0.25) is 0 Å². The molecule has 0 radical (unpaired) electrons. The van der Waals surface area contributed by atoms with E-state index >= 15 is 0 Å². The van der Waals surface area contributed by atoms with Gasteiger partial charge in [0.1, 0.15) is 0 Å². The van der Waals surface area contributed by atoms with Crippen molar-refractivity contribution in [1.29, 1.82) is 0 Å². The zero-order chi connectivity index (χ0) is 15.8. The summed E-state index contributed by atoms with van der Waals surface area (Å²) in [5.74, 6) is 0.893. The third-order valence-electron chi connectivity index (χ3n) is 3.63. The maximum atomic E-state index is 12.0. The molecule has 0 saturated carbocycles. The number of aromatic nitrogens is 1. The highest BCUT2D eigenvalue weighted by molar-refractivity contribution is 7.99. The molecule has 122 valence electrons. The molecule has 6 heteroatoms. The lowest BCUT2D eigenvalue weighted by Crippen LogP contribution is -2.47. The van der Waals surface area contributed by atoms with Gasteiger partial charge in [0.15, 0.2) is 0 Å². The number of nitrogens with one attached hydrogen (secondary N) is 1. The van der Waals surface area contributed by atoms with Crippen molar-refractivity contribution >= 4 is 17.7 Å². The van der Waals surface area contributed by atoms with Crippen molar-refractivity contribution in [2.75, 3.05) is 32.0 Å². The van der Waals surface area contributed by atoms with Crippen LogP contribution < -0.4 is 5.32 Å². The number of nitrogens with zero attached hydrogens (tertiary/aromatic N) is 2. The van der Waals surface area contributed by atoms with Gasteiger partial charge in [-0.25, -0.2) is 4.98 Å². The van der Waals surface area contributed by atoms with Crippen LogP contribution in [0.25, 0.3) is 0 Å². The zero-order valence-electron chi connectivity index (χ0n) is 13.3. The minimum absolute atomic E-state index is 0.0135. The van der Waals surface area contributed by atoms with Crippen LogP contribution in [0.3, 0.4) is 0 Å². The molecule has 1 amide bonds. The third kappa shape index (κ3) is 5.94. The molecule has 1 aliphatic heterocycles. The highest BCUT2D eigenvalue weighted by atomic mass is 32.2. The summed E-state index contributed by atoms with van der Waals surface area (Å²) >= 11 is 1.65. The van der Waals surface area contributed by atoms with Crippen LogP contribution in [0.4, 0.5) is 0 Å². The van der Waals surface area contributed by atoms with Crippen LogP contribution in [0, 0.1) is 0 Å². The molecule has 1 aromatic rings. The minimum atomic E-state index is 0.0135. The Balaban J connectivity index is 1.61. The summed E-state index contributed by atoms with van der Waals surface area (Å²) in [5.41, 5.74) is 0. The maximum Gasteiger partial charge on any atom is 0.222 e. The van der Waals surface area contributed by atoms with E-state index in [4.69, 9.17) is 4.74 Å². The molecule has 1 atom stereocenters. The van der Waals surface area contributed by atoms with E-state index in [2.05, 4.69) is 29.0 Å². The Labute approximate surface area is 136 Å². The predicted octanol–water partition coefficient (Wildman–Crippen LogP) is 1.79. The van der Waals surface area contributed by atoms with E-state index in [-0.39, 0.29) is 12.0 Å². The van der Waals surface area contributed by atoms with Crippen LogP contribution in [0.1, 0.15) is 20.3 Å². The fraction of sp³-hybridized carbons (Fsp3) is 0.625. The second-order valence-corrected chi connectivity index (χ2v) is 6.77. The van der Waals surface area contributed by atoms with Crippen LogP contribution >= 0.6 is 11.8 Å². The van der Waals surface area contributed by atoms with Gasteiger partial charge in [0.25, 0.3) is 0 Å². The van der Waals surface area contributed by atoms with E-state index in [1.807, 2.05) is 18.2 Å². The van der Waals surface area contributed by atoms with E-state index in [1.54, 1.807) is 18.0 Å². The maximum absolute atomic E-state index is 12.0. The van der Waals surface area contributed by atoms with Crippen molar-refractivity contribution in [3.05, 3.63) is 24.4 Å². The van der Waals surface area contributed by atoms with Crippen LogP contribution in [-0.2, 0) is 9.53 Å². The summed E-state index contributed by atoms with van der Waals surface area (Å²) in [5, 5.41) is 3.94. The Morgan fingerprint density at radius 3 is 3.14 bits per heavy atom. The Kier molecular flexibility index (Phi) is 7.15. The predicted molar refractivity (Wildman–Crippen MR) is 89.0 cm³/mol. The Morgan fingerprint density at radius 2 is 2.41 bits per heavy atom. The lowest BCUT2D eigenvalue weighted by Gasteiger charge is -2.35. The SMILES string of the molecule is CC(C)N1CCO[C@H](CC(=O)NCCSc2ccccn2)C1. The lowest BCUT2D eigenvalue weighted by atomic mass is 10.1. The topological polar surface area (TPSA) is 54.5 Å².